The van der Waals surface area contributed by atoms with Gasteiger partial charge in [-0.1, -0.05) is 30.3 Å². The fourth-order valence-corrected chi connectivity index (χ4v) is 2.34. The molecule has 108 valence electrons. The van der Waals surface area contributed by atoms with Crippen LogP contribution < -0.4 is 14.8 Å². The van der Waals surface area contributed by atoms with E-state index >= 15 is 0 Å². The first-order valence-electron chi connectivity index (χ1n) is 7.05. The lowest BCUT2D eigenvalue weighted by atomic mass is 10.1. The molecule has 3 rings (SSSR count). The minimum Gasteiger partial charge on any atom is -0.491 e. The maximum absolute atomic E-state index is 12.0. The van der Waals surface area contributed by atoms with E-state index in [2.05, 4.69) is 5.32 Å². The molecule has 1 aliphatic heterocycles. The molecule has 1 amide bonds. The van der Waals surface area contributed by atoms with Gasteiger partial charge in [-0.25, -0.2) is 0 Å². The Balaban J connectivity index is 1.63. The molecule has 0 fully saturated rings. The molecule has 1 N–H and O–H groups in total. The van der Waals surface area contributed by atoms with Crippen LogP contribution in [0.1, 0.15) is 12.0 Å². The van der Waals surface area contributed by atoms with Crippen LogP contribution in [-0.4, -0.2) is 19.1 Å². The molecule has 4 nitrogen and oxygen atoms in total. The van der Waals surface area contributed by atoms with Gasteiger partial charge in [0.25, 0.3) is 5.91 Å². The number of carbonyl (C=O) groups is 1. The average molecular weight is 283 g/mol. The van der Waals surface area contributed by atoms with Crippen molar-refractivity contribution in [1.82, 2.24) is 0 Å². The van der Waals surface area contributed by atoms with Crippen LogP contribution in [0.4, 0.5) is 5.69 Å². The maximum atomic E-state index is 12.0. The highest BCUT2D eigenvalue weighted by atomic mass is 16.5. The van der Waals surface area contributed by atoms with E-state index in [1.54, 1.807) is 0 Å². The monoisotopic (exact) mass is 283 g/mol. The number of amides is 1. The van der Waals surface area contributed by atoms with Gasteiger partial charge >= 0.3 is 0 Å². The van der Waals surface area contributed by atoms with Crippen LogP contribution in [0.25, 0.3) is 0 Å². The number of aryl methyl sites for hydroxylation is 1. The zero-order valence-corrected chi connectivity index (χ0v) is 11.7. The van der Waals surface area contributed by atoms with Crippen molar-refractivity contribution >= 4 is 11.6 Å². The van der Waals surface area contributed by atoms with Crippen molar-refractivity contribution in [1.29, 1.82) is 0 Å². The van der Waals surface area contributed by atoms with Gasteiger partial charge in [0.2, 0.25) is 0 Å². The maximum Gasteiger partial charge on any atom is 0.262 e. The summed E-state index contributed by atoms with van der Waals surface area (Å²) in [5, 5.41) is 2.85. The molecule has 0 radical (unpaired) electrons. The Morgan fingerprint density at radius 3 is 2.86 bits per heavy atom. The number of anilines is 1. The summed E-state index contributed by atoms with van der Waals surface area (Å²) in [4.78, 5) is 12.0. The van der Waals surface area contributed by atoms with Crippen LogP contribution in [0, 0.1) is 0 Å². The van der Waals surface area contributed by atoms with Gasteiger partial charge in [0.1, 0.15) is 11.5 Å². The first kappa shape index (κ1) is 13.5. The Kier molecular flexibility index (Phi) is 4.05. The van der Waals surface area contributed by atoms with Crippen molar-refractivity contribution in [2.45, 2.75) is 12.8 Å². The molecule has 0 saturated heterocycles. The summed E-state index contributed by atoms with van der Waals surface area (Å²) in [6.45, 7) is 0.675. The second-order valence-electron chi connectivity index (χ2n) is 4.90. The first-order chi connectivity index (χ1) is 10.3. The first-order valence-corrected chi connectivity index (χ1v) is 7.05. The number of carbonyl (C=O) groups excluding carboxylic acids is 1. The molecule has 1 aliphatic rings. The standard InChI is InChI=1S/C17H17NO3/c19-16(12-21-14-8-2-1-3-9-14)18-15-10-4-6-13-7-5-11-20-17(13)15/h1-4,6,8-10H,5,7,11-12H2,(H,18,19). The Labute approximate surface area is 123 Å². The fraction of sp³-hybridized carbons (Fsp3) is 0.235. The van der Waals surface area contributed by atoms with Crippen molar-refractivity contribution in [3.8, 4) is 11.5 Å². The van der Waals surface area contributed by atoms with E-state index in [9.17, 15) is 4.79 Å². The van der Waals surface area contributed by atoms with Gasteiger partial charge in [-0.3, -0.25) is 4.79 Å². The summed E-state index contributed by atoms with van der Waals surface area (Å²) in [7, 11) is 0. The van der Waals surface area contributed by atoms with Gasteiger partial charge in [-0.2, -0.15) is 0 Å². The normalized spacial score (nSPS) is 13.0. The molecule has 21 heavy (non-hydrogen) atoms. The van der Waals surface area contributed by atoms with E-state index in [-0.39, 0.29) is 12.5 Å². The van der Waals surface area contributed by atoms with E-state index in [4.69, 9.17) is 9.47 Å². The van der Waals surface area contributed by atoms with Crippen LogP contribution in [0.3, 0.4) is 0 Å². The third-order valence-corrected chi connectivity index (χ3v) is 3.32. The number of benzene rings is 2. The van der Waals surface area contributed by atoms with Crippen molar-refractivity contribution in [3.05, 3.63) is 54.1 Å². The molecule has 0 aliphatic carbocycles. The molecule has 1 heterocycles. The van der Waals surface area contributed by atoms with Gasteiger partial charge in [0.05, 0.1) is 12.3 Å². The fourth-order valence-electron chi connectivity index (χ4n) is 2.34. The number of hydrogen-bond acceptors (Lipinski definition) is 3. The highest BCUT2D eigenvalue weighted by Gasteiger charge is 2.15. The summed E-state index contributed by atoms with van der Waals surface area (Å²) in [5.41, 5.74) is 1.86. The summed E-state index contributed by atoms with van der Waals surface area (Å²) >= 11 is 0. The van der Waals surface area contributed by atoms with Crippen molar-refractivity contribution in [2.75, 3.05) is 18.5 Å². The lowest BCUT2D eigenvalue weighted by molar-refractivity contribution is -0.118. The SMILES string of the molecule is O=C(COc1ccccc1)Nc1cccc2c1OCCC2. The van der Waals surface area contributed by atoms with Crippen LogP contribution in [0.2, 0.25) is 0 Å². The van der Waals surface area contributed by atoms with E-state index in [1.807, 2.05) is 48.5 Å². The van der Waals surface area contributed by atoms with E-state index in [0.717, 1.165) is 24.2 Å². The zero-order valence-electron chi connectivity index (χ0n) is 11.7. The number of fused-ring (bicyclic) bond motifs is 1. The molecule has 2 aromatic rings. The Bertz CT molecular complexity index is 625. The number of hydrogen-bond donors (Lipinski definition) is 1. The van der Waals surface area contributed by atoms with Crippen molar-refractivity contribution in [2.24, 2.45) is 0 Å². The second-order valence-corrected chi connectivity index (χ2v) is 4.90. The van der Waals surface area contributed by atoms with Crippen molar-refractivity contribution < 1.29 is 14.3 Å². The predicted octanol–water partition coefficient (Wildman–Crippen LogP) is 3.03. The third kappa shape index (κ3) is 3.34. The quantitative estimate of drug-likeness (QED) is 0.938. The van der Waals surface area contributed by atoms with Gasteiger partial charge < -0.3 is 14.8 Å². The molecular formula is C17H17NO3. The molecule has 2 aromatic carbocycles. The Hall–Kier alpha value is -2.49. The van der Waals surface area contributed by atoms with Gasteiger partial charge in [0.15, 0.2) is 6.61 Å². The topological polar surface area (TPSA) is 47.6 Å². The van der Waals surface area contributed by atoms with Gasteiger partial charge in [-0.05, 0) is 36.6 Å². The van der Waals surface area contributed by atoms with Crippen LogP contribution in [0.15, 0.2) is 48.5 Å². The van der Waals surface area contributed by atoms with Crippen LogP contribution in [0.5, 0.6) is 11.5 Å². The molecule has 0 bridgehead atoms. The number of nitrogens with one attached hydrogen (secondary N) is 1. The minimum absolute atomic E-state index is 0.0202. The smallest absolute Gasteiger partial charge is 0.262 e. The lowest BCUT2D eigenvalue weighted by Crippen LogP contribution is -2.21. The largest absolute Gasteiger partial charge is 0.491 e. The highest BCUT2D eigenvalue weighted by Crippen LogP contribution is 2.32. The van der Waals surface area contributed by atoms with E-state index in [0.29, 0.717) is 18.0 Å². The minimum atomic E-state index is -0.193. The number of para-hydroxylation sites is 2. The molecule has 0 saturated carbocycles. The summed E-state index contributed by atoms with van der Waals surface area (Å²) in [5.74, 6) is 1.28. The molecular weight excluding hydrogens is 266 g/mol. The summed E-state index contributed by atoms with van der Waals surface area (Å²) in [6, 6.07) is 15.1. The van der Waals surface area contributed by atoms with E-state index in [1.165, 1.54) is 0 Å². The molecule has 0 spiro atoms. The van der Waals surface area contributed by atoms with Crippen LogP contribution >= 0.6 is 0 Å². The Morgan fingerprint density at radius 1 is 1.14 bits per heavy atom. The number of rotatable bonds is 4. The third-order valence-electron chi connectivity index (χ3n) is 3.32. The zero-order chi connectivity index (χ0) is 14.5. The predicted molar refractivity (Wildman–Crippen MR) is 80.8 cm³/mol. The molecule has 0 unspecified atom stereocenters. The Morgan fingerprint density at radius 2 is 2.00 bits per heavy atom. The number of ether oxygens (including phenoxy) is 2. The van der Waals surface area contributed by atoms with Gasteiger partial charge in [-0.15, -0.1) is 0 Å². The lowest BCUT2D eigenvalue weighted by Gasteiger charge is -2.20. The van der Waals surface area contributed by atoms with Gasteiger partial charge in [0, 0.05) is 0 Å². The molecule has 0 atom stereocenters. The van der Waals surface area contributed by atoms with Crippen LogP contribution in [-0.2, 0) is 11.2 Å². The van der Waals surface area contributed by atoms with E-state index < -0.39 is 0 Å². The average Bonchev–Trinajstić information content (AvgIpc) is 2.54. The second kappa shape index (κ2) is 6.31. The molecule has 4 heteroatoms. The summed E-state index contributed by atoms with van der Waals surface area (Å²) in [6.07, 6.45) is 2.00. The van der Waals surface area contributed by atoms with Crippen molar-refractivity contribution in [3.63, 3.8) is 0 Å². The molecule has 0 aromatic heterocycles. The summed E-state index contributed by atoms with van der Waals surface area (Å²) < 4.78 is 11.1. The highest BCUT2D eigenvalue weighted by molar-refractivity contribution is 5.93.